The molecule has 1 heterocycles. The number of ether oxygens (including phenoxy) is 1. The lowest BCUT2D eigenvalue weighted by Crippen LogP contribution is -2.25. The van der Waals surface area contributed by atoms with Gasteiger partial charge in [0, 0.05) is 32.2 Å². The summed E-state index contributed by atoms with van der Waals surface area (Å²) in [4.78, 5) is 2.37. The summed E-state index contributed by atoms with van der Waals surface area (Å²) in [5.74, 6) is 0.201. The highest BCUT2D eigenvalue weighted by molar-refractivity contribution is 5.15. The van der Waals surface area contributed by atoms with Gasteiger partial charge in [0.15, 0.2) is 0 Å². The van der Waals surface area contributed by atoms with Crippen LogP contribution in [0.3, 0.4) is 0 Å². The molecule has 0 radical (unpaired) electrons. The third-order valence-corrected chi connectivity index (χ3v) is 4.25. The largest absolute Gasteiger partial charge is 0.396 e. The van der Waals surface area contributed by atoms with E-state index < -0.39 is 0 Å². The van der Waals surface area contributed by atoms with E-state index in [4.69, 9.17) is 4.74 Å². The minimum Gasteiger partial charge on any atom is -0.396 e. The molecule has 2 unspecified atom stereocenters. The van der Waals surface area contributed by atoms with E-state index in [1.54, 1.807) is 0 Å². The van der Waals surface area contributed by atoms with Crippen molar-refractivity contribution in [2.45, 2.75) is 19.3 Å². The molecule has 1 N–H and O–H groups in total. The van der Waals surface area contributed by atoms with Crippen molar-refractivity contribution in [2.75, 3.05) is 19.7 Å². The first-order valence-corrected chi connectivity index (χ1v) is 7.88. The Balaban J connectivity index is 1.55. The van der Waals surface area contributed by atoms with Crippen molar-refractivity contribution < 1.29 is 9.84 Å². The number of nitrogens with zero attached hydrogens (tertiary/aromatic N) is 1. The summed E-state index contributed by atoms with van der Waals surface area (Å²) in [5.41, 5.74) is 2.49. The van der Waals surface area contributed by atoms with Crippen LogP contribution in [0.15, 0.2) is 60.7 Å². The Morgan fingerprint density at radius 1 is 0.909 bits per heavy atom. The van der Waals surface area contributed by atoms with Crippen LogP contribution >= 0.6 is 0 Å². The van der Waals surface area contributed by atoms with Gasteiger partial charge in [0.2, 0.25) is 0 Å². The van der Waals surface area contributed by atoms with Crippen LogP contribution in [0.25, 0.3) is 0 Å². The molecule has 0 aromatic heterocycles. The lowest BCUT2D eigenvalue weighted by Gasteiger charge is -2.17. The summed E-state index contributed by atoms with van der Waals surface area (Å²) in [6.45, 7) is 3.49. The van der Waals surface area contributed by atoms with Gasteiger partial charge in [0.1, 0.15) is 0 Å². The molecule has 2 aromatic rings. The van der Waals surface area contributed by atoms with E-state index in [-0.39, 0.29) is 18.6 Å². The fraction of sp³-hybridized carbons (Fsp3) is 0.368. The van der Waals surface area contributed by atoms with Crippen LogP contribution in [0.4, 0.5) is 0 Å². The maximum atomic E-state index is 9.61. The van der Waals surface area contributed by atoms with Crippen LogP contribution in [-0.4, -0.2) is 35.8 Å². The number of hydrogen-bond donors (Lipinski definition) is 1. The third kappa shape index (κ3) is 3.95. The topological polar surface area (TPSA) is 32.7 Å². The molecule has 116 valence electrons. The molecule has 3 heteroatoms. The highest BCUT2D eigenvalue weighted by Crippen LogP contribution is 2.22. The van der Waals surface area contributed by atoms with Crippen LogP contribution in [0.1, 0.15) is 11.1 Å². The van der Waals surface area contributed by atoms with Crippen molar-refractivity contribution in [1.82, 2.24) is 4.90 Å². The van der Waals surface area contributed by atoms with Crippen LogP contribution in [0, 0.1) is 5.92 Å². The molecule has 1 saturated heterocycles. The first-order chi connectivity index (χ1) is 10.8. The fourth-order valence-electron chi connectivity index (χ4n) is 3.04. The lowest BCUT2D eigenvalue weighted by atomic mass is 10.1. The molecule has 2 aromatic carbocycles. The molecule has 0 saturated carbocycles. The molecular formula is C19H23NO2. The number of likely N-dealkylation sites (tertiary alicyclic amines) is 1. The zero-order valence-electron chi connectivity index (χ0n) is 12.8. The normalized spacial score (nSPS) is 22.0. The highest BCUT2D eigenvalue weighted by Gasteiger charge is 2.32. The maximum Gasteiger partial charge on any atom is 0.0768 e. The Morgan fingerprint density at radius 2 is 1.55 bits per heavy atom. The van der Waals surface area contributed by atoms with Crippen LogP contribution in [-0.2, 0) is 17.9 Å². The molecule has 3 nitrogen and oxygen atoms in total. The van der Waals surface area contributed by atoms with E-state index in [0.29, 0.717) is 6.61 Å². The zero-order chi connectivity index (χ0) is 15.2. The van der Waals surface area contributed by atoms with E-state index in [0.717, 1.165) is 19.6 Å². The average molecular weight is 297 g/mol. The second-order valence-corrected chi connectivity index (χ2v) is 5.96. The van der Waals surface area contributed by atoms with Gasteiger partial charge in [0.25, 0.3) is 0 Å². The Bertz CT molecular complexity index is 558. The van der Waals surface area contributed by atoms with Gasteiger partial charge in [0.05, 0.1) is 12.7 Å². The lowest BCUT2D eigenvalue weighted by molar-refractivity contribution is 0.00783. The molecule has 3 rings (SSSR count). The number of benzene rings is 2. The van der Waals surface area contributed by atoms with Crippen LogP contribution in [0.5, 0.6) is 0 Å². The summed E-state index contributed by atoms with van der Waals surface area (Å²) >= 11 is 0. The van der Waals surface area contributed by atoms with Gasteiger partial charge in [-0.05, 0) is 11.1 Å². The van der Waals surface area contributed by atoms with Gasteiger partial charge in [-0.1, -0.05) is 60.7 Å². The van der Waals surface area contributed by atoms with E-state index in [1.165, 1.54) is 11.1 Å². The minimum atomic E-state index is 0.105. The van der Waals surface area contributed by atoms with E-state index in [1.807, 2.05) is 24.3 Å². The molecule has 22 heavy (non-hydrogen) atoms. The summed E-state index contributed by atoms with van der Waals surface area (Å²) in [6, 6.07) is 20.7. The van der Waals surface area contributed by atoms with Crippen molar-refractivity contribution in [2.24, 2.45) is 5.92 Å². The van der Waals surface area contributed by atoms with Crippen molar-refractivity contribution >= 4 is 0 Å². The summed E-state index contributed by atoms with van der Waals surface area (Å²) in [7, 11) is 0. The SMILES string of the molecule is OCC1CN(Cc2ccccc2)CC1OCc1ccccc1. The Morgan fingerprint density at radius 3 is 2.18 bits per heavy atom. The molecule has 0 spiro atoms. The van der Waals surface area contributed by atoms with Crippen molar-refractivity contribution in [3.63, 3.8) is 0 Å². The summed E-state index contributed by atoms with van der Waals surface area (Å²) in [6.07, 6.45) is 0.105. The maximum absolute atomic E-state index is 9.61. The number of aliphatic hydroxyl groups is 1. The van der Waals surface area contributed by atoms with Crippen LogP contribution < -0.4 is 0 Å². The van der Waals surface area contributed by atoms with Crippen molar-refractivity contribution in [3.8, 4) is 0 Å². The Kier molecular flexibility index (Phi) is 5.22. The second-order valence-electron chi connectivity index (χ2n) is 5.96. The van der Waals surface area contributed by atoms with Gasteiger partial charge < -0.3 is 9.84 Å². The number of hydrogen-bond acceptors (Lipinski definition) is 3. The molecule has 0 amide bonds. The first kappa shape index (κ1) is 15.2. The predicted molar refractivity (Wildman–Crippen MR) is 87.3 cm³/mol. The average Bonchev–Trinajstić information content (AvgIpc) is 2.97. The molecule has 0 aliphatic carbocycles. The summed E-state index contributed by atoms with van der Waals surface area (Å²) in [5, 5.41) is 9.61. The van der Waals surface area contributed by atoms with Gasteiger partial charge in [-0.15, -0.1) is 0 Å². The molecular weight excluding hydrogens is 274 g/mol. The van der Waals surface area contributed by atoms with Crippen LogP contribution in [0.2, 0.25) is 0 Å². The highest BCUT2D eigenvalue weighted by atomic mass is 16.5. The Hall–Kier alpha value is -1.68. The Labute approximate surface area is 132 Å². The minimum absolute atomic E-state index is 0.105. The van der Waals surface area contributed by atoms with Gasteiger partial charge in [-0.2, -0.15) is 0 Å². The smallest absolute Gasteiger partial charge is 0.0768 e. The number of rotatable bonds is 6. The van der Waals surface area contributed by atoms with E-state index >= 15 is 0 Å². The van der Waals surface area contributed by atoms with Crippen molar-refractivity contribution in [1.29, 1.82) is 0 Å². The quantitative estimate of drug-likeness (QED) is 0.890. The molecule has 0 bridgehead atoms. The van der Waals surface area contributed by atoms with E-state index in [2.05, 4.69) is 41.3 Å². The summed E-state index contributed by atoms with van der Waals surface area (Å²) < 4.78 is 6.06. The second kappa shape index (κ2) is 7.54. The monoisotopic (exact) mass is 297 g/mol. The fourth-order valence-corrected chi connectivity index (χ4v) is 3.04. The number of aliphatic hydroxyl groups excluding tert-OH is 1. The van der Waals surface area contributed by atoms with Gasteiger partial charge in [-0.25, -0.2) is 0 Å². The predicted octanol–water partition coefficient (Wildman–Crippen LogP) is 2.70. The molecule has 1 fully saturated rings. The molecule has 2 atom stereocenters. The standard InChI is InChI=1S/C19H23NO2/c21-14-18-12-20(11-16-7-3-1-4-8-16)13-19(18)22-15-17-9-5-2-6-10-17/h1-10,18-19,21H,11-15H2. The van der Waals surface area contributed by atoms with Gasteiger partial charge >= 0.3 is 0 Å². The first-order valence-electron chi connectivity index (χ1n) is 7.88. The van der Waals surface area contributed by atoms with Crippen molar-refractivity contribution in [3.05, 3.63) is 71.8 Å². The van der Waals surface area contributed by atoms with E-state index in [9.17, 15) is 5.11 Å². The van der Waals surface area contributed by atoms with Gasteiger partial charge in [-0.3, -0.25) is 4.90 Å². The molecule has 1 aliphatic rings. The molecule has 1 aliphatic heterocycles. The third-order valence-electron chi connectivity index (χ3n) is 4.25. The zero-order valence-corrected chi connectivity index (χ0v) is 12.8.